The molecule has 178 valence electrons. The SMILES string of the molecule is COC1CC(C2CC(C)C3C(=O)N(C4CCC(OCC(F)F)=NC4)CC3=N2)C=NC1OC. The van der Waals surface area contributed by atoms with Gasteiger partial charge in [-0.2, -0.15) is 0 Å². The van der Waals surface area contributed by atoms with Gasteiger partial charge in [-0.15, -0.1) is 0 Å². The second-order valence-corrected chi connectivity index (χ2v) is 9.07. The Hall–Kier alpha value is -1.94. The summed E-state index contributed by atoms with van der Waals surface area (Å²) in [6.07, 6.45) is 1.77. The first-order chi connectivity index (χ1) is 15.4. The second kappa shape index (κ2) is 9.91. The molecule has 0 bridgehead atoms. The molecule has 8 nitrogen and oxygen atoms in total. The molecule has 32 heavy (non-hydrogen) atoms. The lowest BCUT2D eigenvalue weighted by atomic mass is 9.78. The number of halogens is 2. The van der Waals surface area contributed by atoms with Crippen molar-refractivity contribution in [2.75, 3.05) is 33.9 Å². The molecule has 0 aromatic carbocycles. The van der Waals surface area contributed by atoms with Crippen LogP contribution in [-0.4, -0.2) is 93.4 Å². The lowest BCUT2D eigenvalue weighted by Gasteiger charge is -2.35. The summed E-state index contributed by atoms with van der Waals surface area (Å²) in [6, 6.07) is 0.0267. The van der Waals surface area contributed by atoms with Crippen LogP contribution in [0.3, 0.4) is 0 Å². The topological polar surface area (TPSA) is 85.1 Å². The summed E-state index contributed by atoms with van der Waals surface area (Å²) in [5, 5.41) is 0. The molecule has 0 N–H and O–H groups in total. The molecular formula is C22H32F2N4O4. The van der Waals surface area contributed by atoms with Crippen LogP contribution in [0.5, 0.6) is 0 Å². The van der Waals surface area contributed by atoms with E-state index in [4.69, 9.17) is 19.2 Å². The zero-order chi connectivity index (χ0) is 22.8. The van der Waals surface area contributed by atoms with Crippen LogP contribution >= 0.6 is 0 Å². The number of hydrogen-bond donors (Lipinski definition) is 0. The molecule has 0 spiro atoms. The number of aliphatic imine (C=N–C) groups is 3. The van der Waals surface area contributed by atoms with Crippen molar-refractivity contribution in [2.45, 2.75) is 63.4 Å². The lowest BCUT2D eigenvalue weighted by Crippen LogP contribution is -2.43. The fourth-order valence-electron chi connectivity index (χ4n) is 5.34. The first kappa shape index (κ1) is 23.2. The van der Waals surface area contributed by atoms with Crippen molar-refractivity contribution in [1.82, 2.24) is 4.90 Å². The largest absolute Gasteiger partial charge is 0.475 e. The van der Waals surface area contributed by atoms with Crippen LogP contribution in [0, 0.1) is 17.8 Å². The van der Waals surface area contributed by atoms with Gasteiger partial charge < -0.3 is 19.1 Å². The molecule has 7 unspecified atom stereocenters. The molecule has 4 rings (SSSR count). The average molecular weight is 455 g/mol. The van der Waals surface area contributed by atoms with Crippen LogP contribution in [-0.2, 0) is 19.0 Å². The Kier molecular flexibility index (Phi) is 7.19. The highest BCUT2D eigenvalue weighted by Crippen LogP contribution is 2.37. The maximum absolute atomic E-state index is 13.2. The molecule has 1 saturated heterocycles. The highest BCUT2D eigenvalue weighted by Gasteiger charge is 2.47. The Labute approximate surface area is 187 Å². The molecule has 4 heterocycles. The smallest absolute Gasteiger partial charge is 0.272 e. The van der Waals surface area contributed by atoms with Crippen molar-refractivity contribution in [3.63, 3.8) is 0 Å². The first-order valence-corrected chi connectivity index (χ1v) is 11.3. The van der Waals surface area contributed by atoms with Crippen molar-refractivity contribution in [3.8, 4) is 0 Å². The maximum atomic E-state index is 13.2. The summed E-state index contributed by atoms with van der Waals surface area (Å²) in [7, 11) is 3.30. The normalized spacial score (nSPS) is 37.4. The number of nitrogens with zero attached hydrogens (tertiary/aromatic N) is 4. The lowest BCUT2D eigenvalue weighted by molar-refractivity contribution is -0.133. The van der Waals surface area contributed by atoms with Gasteiger partial charge in [0.05, 0.1) is 31.1 Å². The van der Waals surface area contributed by atoms with Crippen molar-refractivity contribution in [2.24, 2.45) is 32.7 Å². The monoisotopic (exact) mass is 454 g/mol. The molecule has 4 aliphatic rings. The summed E-state index contributed by atoms with van der Waals surface area (Å²) in [5.41, 5.74) is 0.943. The van der Waals surface area contributed by atoms with E-state index in [-0.39, 0.29) is 48.1 Å². The Bertz CT molecular complexity index is 790. The second-order valence-electron chi connectivity index (χ2n) is 9.07. The summed E-state index contributed by atoms with van der Waals surface area (Å²) < 4.78 is 40.7. The molecule has 7 atom stereocenters. The van der Waals surface area contributed by atoms with Gasteiger partial charge in [-0.3, -0.25) is 19.8 Å². The van der Waals surface area contributed by atoms with E-state index in [0.717, 1.165) is 18.6 Å². The summed E-state index contributed by atoms with van der Waals surface area (Å²) in [6.45, 7) is 2.37. The molecular weight excluding hydrogens is 422 g/mol. The van der Waals surface area contributed by atoms with Gasteiger partial charge in [0.1, 0.15) is 6.10 Å². The fourth-order valence-corrected chi connectivity index (χ4v) is 5.34. The van der Waals surface area contributed by atoms with Crippen LogP contribution < -0.4 is 0 Å². The van der Waals surface area contributed by atoms with Crippen molar-refractivity contribution < 1.29 is 27.8 Å². The third-order valence-corrected chi connectivity index (χ3v) is 7.03. The summed E-state index contributed by atoms with van der Waals surface area (Å²) >= 11 is 0. The number of rotatable bonds is 6. The van der Waals surface area contributed by atoms with Crippen molar-refractivity contribution in [1.29, 1.82) is 0 Å². The Morgan fingerprint density at radius 1 is 1.25 bits per heavy atom. The van der Waals surface area contributed by atoms with Crippen LogP contribution in [0.2, 0.25) is 0 Å². The van der Waals surface area contributed by atoms with Gasteiger partial charge in [0.2, 0.25) is 5.91 Å². The van der Waals surface area contributed by atoms with E-state index in [1.165, 1.54) is 0 Å². The van der Waals surface area contributed by atoms with Gasteiger partial charge >= 0.3 is 0 Å². The number of alkyl halides is 2. The van der Waals surface area contributed by atoms with E-state index in [1.807, 2.05) is 11.1 Å². The van der Waals surface area contributed by atoms with E-state index < -0.39 is 13.0 Å². The zero-order valence-electron chi connectivity index (χ0n) is 18.8. The number of amides is 1. The van der Waals surface area contributed by atoms with Crippen LogP contribution in [0.1, 0.15) is 32.6 Å². The third kappa shape index (κ3) is 4.71. The number of methoxy groups -OCH3 is 2. The molecule has 0 saturated carbocycles. The van der Waals surface area contributed by atoms with Crippen molar-refractivity contribution in [3.05, 3.63) is 0 Å². The maximum Gasteiger partial charge on any atom is 0.272 e. The van der Waals surface area contributed by atoms with Gasteiger partial charge in [-0.1, -0.05) is 6.92 Å². The predicted molar refractivity (Wildman–Crippen MR) is 116 cm³/mol. The van der Waals surface area contributed by atoms with Crippen molar-refractivity contribution >= 4 is 23.7 Å². The van der Waals surface area contributed by atoms with Crippen LogP contribution in [0.4, 0.5) is 8.78 Å². The standard InChI is InChI=1S/C22H32F2N4O4/c1-12-6-15(13-7-17(30-2)21(31-3)26-8-13)27-16-10-28(22(29)20(12)16)14-4-5-19(25-9-14)32-11-18(23)24/h8,12-15,17-18,20-21H,4-7,9-11H2,1-3H3. The summed E-state index contributed by atoms with van der Waals surface area (Å²) in [4.78, 5) is 28.9. The molecule has 0 aromatic heterocycles. The van der Waals surface area contributed by atoms with E-state index in [0.29, 0.717) is 31.8 Å². The predicted octanol–water partition coefficient (Wildman–Crippen LogP) is 2.21. The fraction of sp³-hybridized carbons (Fsp3) is 0.818. The minimum atomic E-state index is -2.51. The number of ether oxygens (including phenoxy) is 3. The number of carbonyl (C=O) groups is 1. The van der Waals surface area contributed by atoms with E-state index in [1.54, 1.807) is 14.2 Å². The van der Waals surface area contributed by atoms with Gasteiger partial charge in [0.15, 0.2) is 18.7 Å². The first-order valence-electron chi connectivity index (χ1n) is 11.3. The minimum Gasteiger partial charge on any atom is -0.475 e. The molecule has 0 aromatic rings. The van der Waals surface area contributed by atoms with E-state index in [2.05, 4.69) is 16.9 Å². The van der Waals surface area contributed by atoms with Crippen LogP contribution in [0.25, 0.3) is 0 Å². The highest BCUT2D eigenvalue weighted by atomic mass is 19.3. The number of hydrogen-bond acceptors (Lipinski definition) is 7. The average Bonchev–Trinajstić information content (AvgIpc) is 3.14. The number of carbonyl (C=O) groups excluding carboxylic acids is 1. The Balaban J connectivity index is 1.43. The molecule has 4 aliphatic heterocycles. The van der Waals surface area contributed by atoms with Gasteiger partial charge in [0.25, 0.3) is 6.43 Å². The molecule has 0 radical (unpaired) electrons. The summed E-state index contributed by atoms with van der Waals surface area (Å²) in [5.74, 6) is 0.627. The number of fused-ring (bicyclic) bond motifs is 1. The molecule has 1 amide bonds. The van der Waals surface area contributed by atoms with E-state index in [9.17, 15) is 13.6 Å². The van der Waals surface area contributed by atoms with Gasteiger partial charge in [-0.05, 0) is 25.2 Å². The highest BCUT2D eigenvalue weighted by molar-refractivity contribution is 6.12. The molecule has 10 heteroatoms. The third-order valence-electron chi connectivity index (χ3n) is 7.03. The van der Waals surface area contributed by atoms with Crippen LogP contribution in [0.15, 0.2) is 15.0 Å². The number of likely N-dealkylation sites (tertiary alicyclic amines) is 1. The zero-order valence-corrected chi connectivity index (χ0v) is 18.8. The minimum absolute atomic E-state index is 0.0445. The van der Waals surface area contributed by atoms with Gasteiger partial charge in [0, 0.05) is 38.5 Å². The molecule has 0 aliphatic carbocycles. The van der Waals surface area contributed by atoms with Gasteiger partial charge in [-0.25, -0.2) is 8.78 Å². The van der Waals surface area contributed by atoms with E-state index >= 15 is 0 Å². The quantitative estimate of drug-likeness (QED) is 0.616. The Morgan fingerprint density at radius 3 is 2.72 bits per heavy atom. The Morgan fingerprint density at radius 2 is 2.06 bits per heavy atom. The molecule has 1 fully saturated rings.